The van der Waals surface area contributed by atoms with Crippen molar-refractivity contribution in [3.8, 4) is 0 Å². The van der Waals surface area contributed by atoms with Crippen LogP contribution in [0.3, 0.4) is 0 Å². The van der Waals surface area contributed by atoms with Gasteiger partial charge in [-0.1, -0.05) is 180 Å². The molecule has 0 aliphatic rings. The van der Waals surface area contributed by atoms with E-state index in [1.54, 1.807) is 0 Å². The molecule has 0 aromatic carbocycles. The number of rotatable bonds is 34. The Bertz CT molecular complexity index is 704. The highest BCUT2D eigenvalue weighted by Gasteiger charge is 2.30. The molecule has 7 nitrogen and oxygen atoms in total. The van der Waals surface area contributed by atoms with Crippen LogP contribution in [-0.2, 0) is 13.9 Å². The first-order chi connectivity index (χ1) is 21.4. The molecule has 0 spiro atoms. The number of allylic oxidation sites excluding steroid dienone is 1. The first kappa shape index (κ1) is 43.3. The van der Waals surface area contributed by atoms with E-state index in [0.29, 0.717) is 6.42 Å². The Morgan fingerprint density at radius 3 is 1.41 bits per heavy atom. The minimum Gasteiger partial charge on any atom is -0.395 e. The second-order valence-corrected chi connectivity index (χ2v) is 14.3. The van der Waals surface area contributed by atoms with E-state index in [0.717, 1.165) is 38.5 Å². The van der Waals surface area contributed by atoms with Crippen molar-refractivity contribution in [2.45, 2.75) is 206 Å². The first-order valence-electron chi connectivity index (χ1n) is 18.6. The van der Waals surface area contributed by atoms with Gasteiger partial charge >= 0.3 is 13.7 Å². The molecule has 44 heavy (non-hydrogen) atoms. The number of hydrogen-bond donors (Lipinski definition) is 4. The highest BCUT2D eigenvalue weighted by atomic mass is 31.2. The standard InChI is InChI=1S/C36H72NO6P/c1-3-5-7-9-11-13-15-17-18-20-22-24-26-28-30-32-36(40)43-44(41,42)37-34(33-38)35(39)31-29-27-25-23-21-19-16-14-12-10-8-6-4-2/h29,31,34-35,38-39H,3-28,30,32-33H2,1-2H3,(H2,37,41,42)/b31-29+/t34-,35+/m0/s1. The fraction of sp³-hybridized carbons (Fsp3) is 0.917. The predicted octanol–water partition coefficient (Wildman–Crippen LogP) is 10.5. The lowest BCUT2D eigenvalue weighted by Gasteiger charge is -2.22. The van der Waals surface area contributed by atoms with E-state index in [1.807, 2.05) is 6.08 Å². The van der Waals surface area contributed by atoms with E-state index in [1.165, 1.54) is 134 Å². The Balaban J connectivity index is 3.85. The molecule has 0 saturated heterocycles. The quantitative estimate of drug-likeness (QED) is 0.0312. The molecule has 4 N–H and O–H groups in total. The van der Waals surface area contributed by atoms with Gasteiger partial charge in [0.15, 0.2) is 0 Å². The molecule has 0 aromatic heterocycles. The van der Waals surface area contributed by atoms with Gasteiger partial charge in [-0.05, 0) is 19.3 Å². The van der Waals surface area contributed by atoms with E-state index >= 15 is 0 Å². The molecule has 0 fully saturated rings. The van der Waals surface area contributed by atoms with Crippen molar-refractivity contribution in [1.29, 1.82) is 0 Å². The van der Waals surface area contributed by atoms with E-state index in [4.69, 9.17) is 4.52 Å². The topological polar surface area (TPSA) is 116 Å². The molecule has 0 radical (unpaired) electrons. The molecule has 0 aromatic rings. The van der Waals surface area contributed by atoms with Gasteiger partial charge in [0.1, 0.15) is 0 Å². The van der Waals surface area contributed by atoms with Crippen molar-refractivity contribution in [1.82, 2.24) is 5.09 Å². The molecular formula is C36H72NO6P. The number of nitrogens with one attached hydrogen (secondary N) is 1. The van der Waals surface area contributed by atoms with Crippen molar-refractivity contribution >= 4 is 13.7 Å². The molecule has 0 aliphatic heterocycles. The number of carbonyl (C=O) groups excluding carboxylic acids is 1. The molecule has 0 heterocycles. The maximum Gasteiger partial charge on any atom is 0.458 e. The summed E-state index contributed by atoms with van der Waals surface area (Å²) in [6.45, 7) is 3.93. The van der Waals surface area contributed by atoms with Crippen LogP contribution in [0.15, 0.2) is 12.2 Å². The molecule has 0 rings (SSSR count). The van der Waals surface area contributed by atoms with Crippen LogP contribution in [0.4, 0.5) is 0 Å². The number of aliphatic hydroxyl groups is 2. The predicted molar refractivity (Wildman–Crippen MR) is 186 cm³/mol. The molecule has 8 heteroatoms. The summed E-state index contributed by atoms with van der Waals surface area (Å²) < 4.78 is 17.2. The van der Waals surface area contributed by atoms with Gasteiger partial charge in [-0.15, -0.1) is 0 Å². The van der Waals surface area contributed by atoms with Crippen LogP contribution < -0.4 is 5.09 Å². The largest absolute Gasteiger partial charge is 0.458 e. The van der Waals surface area contributed by atoms with Crippen molar-refractivity contribution in [3.63, 3.8) is 0 Å². The molecule has 0 aliphatic carbocycles. The SMILES string of the molecule is CCCCCCCCCCCCC/C=C/[C@@H](O)[C@H](CO)NP(=O)(O)OC(=O)CCCCCCCCCCCCCCCCC. The van der Waals surface area contributed by atoms with Crippen LogP contribution in [0.5, 0.6) is 0 Å². The molecule has 3 atom stereocenters. The minimum absolute atomic E-state index is 0.0791. The Morgan fingerprint density at radius 1 is 0.659 bits per heavy atom. The average molecular weight is 646 g/mol. The van der Waals surface area contributed by atoms with Gasteiger partial charge < -0.3 is 19.6 Å². The average Bonchev–Trinajstić information content (AvgIpc) is 2.99. The van der Waals surface area contributed by atoms with Gasteiger partial charge in [0.2, 0.25) is 0 Å². The maximum absolute atomic E-state index is 12.4. The number of hydrogen-bond acceptors (Lipinski definition) is 5. The Hall–Kier alpha value is -0.720. The van der Waals surface area contributed by atoms with E-state index in [2.05, 4.69) is 18.9 Å². The van der Waals surface area contributed by atoms with Crippen molar-refractivity contribution in [2.24, 2.45) is 0 Å². The van der Waals surface area contributed by atoms with Crippen LogP contribution in [0.1, 0.15) is 194 Å². The van der Waals surface area contributed by atoms with E-state index in [9.17, 15) is 24.5 Å². The summed E-state index contributed by atoms with van der Waals surface area (Å²) in [5, 5.41) is 22.2. The zero-order valence-electron chi connectivity index (χ0n) is 28.8. The summed E-state index contributed by atoms with van der Waals surface area (Å²) in [6.07, 6.45) is 35.4. The van der Waals surface area contributed by atoms with Gasteiger partial charge in [-0.2, -0.15) is 0 Å². The van der Waals surface area contributed by atoms with Crippen LogP contribution >= 0.6 is 7.75 Å². The molecule has 0 bridgehead atoms. The Labute approximate surface area is 272 Å². The smallest absolute Gasteiger partial charge is 0.395 e. The second kappa shape index (κ2) is 32.2. The van der Waals surface area contributed by atoms with E-state index in [-0.39, 0.29) is 6.42 Å². The van der Waals surface area contributed by atoms with Crippen molar-refractivity contribution in [2.75, 3.05) is 6.61 Å². The lowest BCUT2D eigenvalue weighted by Crippen LogP contribution is -2.40. The normalized spacial score (nSPS) is 14.6. The van der Waals surface area contributed by atoms with E-state index < -0.39 is 32.5 Å². The molecule has 262 valence electrons. The summed E-state index contributed by atoms with van der Waals surface area (Å²) in [7, 11) is -4.49. The van der Waals surface area contributed by atoms with Gasteiger partial charge in [-0.25, -0.2) is 9.65 Å². The first-order valence-corrected chi connectivity index (χ1v) is 20.2. The third-order valence-electron chi connectivity index (χ3n) is 8.46. The Morgan fingerprint density at radius 2 is 1.02 bits per heavy atom. The van der Waals surface area contributed by atoms with Gasteiger partial charge in [0.25, 0.3) is 0 Å². The monoisotopic (exact) mass is 646 g/mol. The highest BCUT2D eigenvalue weighted by molar-refractivity contribution is 7.51. The maximum atomic E-state index is 12.4. The summed E-state index contributed by atoms with van der Waals surface area (Å²) in [5.74, 6) is -0.740. The molecule has 0 amide bonds. The lowest BCUT2D eigenvalue weighted by molar-refractivity contribution is -0.135. The summed E-state index contributed by atoms with van der Waals surface area (Å²) in [6, 6.07) is -1.10. The fourth-order valence-corrected chi connectivity index (χ4v) is 6.66. The van der Waals surface area contributed by atoms with Crippen LogP contribution in [0.25, 0.3) is 0 Å². The van der Waals surface area contributed by atoms with Gasteiger partial charge in [0, 0.05) is 6.42 Å². The van der Waals surface area contributed by atoms with Crippen LogP contribution in [-0.4, -0.2) is 39.8 Å². The minimum atomic E-state index is -4.49. The third-order valence-corrected chi connectivity index (χ3v) is 9.56. The highest BCUT2D eigenvalue weighted by Crippen LogP contribution is 2.38. The second-order valence-electron chi connectivity index (χ2n) is 12.8. The molecular weight excluding hydrogens is 573 g/mol. The van der Waals surface area contributed by atoms with Crippen molar-refractivity contribution < 1.29 is 29.0 Å². The summed E-state index contributed by atoms with van der Waals surface area (Å²) >= 11 is 0. The van der Waals surface area contributed by atoms with Crippen LogP contribution in [0, 0.1) is 0 Å². The number of unbranched alkanes of at least 4 members (excludes halogenated alkanes) is 25. The van der Waals surface area contributed by atoms with Crippen molar-refractivity contribution in [3.05, 3.63) is 12.2 Å². The lowest BCUT2D eigenvalue weighted by atomic mass is 10.0. The zero-order valence-corrected chi connectivity index (χ0v) is 29.7. The summed E-state index contributed by atoms with van der Waals surface area (Å²) in [5.41, 5.74) is 0. The number of aliphatic hydroxyl groups excluding tert-OH is 2. The summed E-state index contributed by atoms with van der Waals surface area (Å²) in [4.78, 5) is 22.2. The van der Waals surface area contributed by atoms with Crippen LogP contribution in [0.2, 0.25) is 0 Å². The fourth-order valence-electron chi connectivity index (χ4n) is 5.58. The van der Waals surface area contributed by atoms with Gasteiger partial charge in [0.05, 0.1) is 18.8 Å². The molecule has 1 unspecified atom stereocenters. The Kier molecular flexibility index (Phi) is 31.7. The third kappa shape index (κ3) is 30.0. The van der Waals surface area contributed by atoms with Gasteiger partial charge in [-0.3, -0.25) is 4.79 Å². The molecule has 0 saturated carbocycles. The zero-order chi connectivity index (χ0) is 32.6. The number of carbonyl (C=O) groups is 1.